The number of carboxylic acid groups (broad SMARTS) is 1. The summed E-state index contributed by atoms with van der Waals surface area (Å²) in [6, 6.07) is 15.8. The number of alkyl halides is 3. The highest BCUT2D eigenvalue weighted by molar-refractivity contribution is 6.40. The van der Waals surface area contributed by atoms with Crippen molar-refractivity contribution in [3.63, 3.8) is 0 Å². The van der Waals surface area contributed by atoms with Crippen molar-refractivity contribution in [2.45, 2.75) is 25.2 Å². The molecule has 2 unspecified atom stereocenters. The second-order valence-corrected chi connectivity index (χ2v) is 8.42. The number of rotatable bonds is 10. The molecule has 9 nitrogen and oxygen atoms in total. The molecule has 3 aromatic carbocycles. The van der Waals surface area contributed by atoms with Crippen LogP contribution in [-0.2, 0) is 20.8 Å². The summed E-state index contributed by atoms with van der Waals surface area (Å²) in [5, 5.41) is 16.0. The molecule has 204 valence electrons. The summed E-state index contributed by atoms with van der Waals surface area (Å²) < 4.78 is 43.1. The first kappa shape index (κ1) is 29.0. The van der Waals surface area contributed by atoms with E-state index < -0.39 is 48.3 Å². The van der Waals surface area contributed by atoms with Gasteiger partial charge in [-0.2, -0.15) is 4.39 Å². The van der Waals surface area contributed by atoms with Gasteiger partial charge in [-0.25, -0.2) is 13.6 Å². The quantitative estimate of drug-likeness (QED) is 0.272. The van der Waals surface area contributed by atoms with Gasteiger partial charge in [0.2, 0.25) is 5.91 Å². The lowest BCUT2D eigenvalue weighted by Gasteiger charge is -2.19. The molecule has 0 aromatic heterocycles. The van der Waals surface area contributed by atoms with Crippen molar-refractivity contribution in [3.8, 4) is 5.75 Å². The Kier molecular flexibility index (Phi) is 9.87. The molecule has 0 spiro atoms. The number of hydrogen-bond donors (Lipinski definition) is 4. The molecule has 0 aliphatic rings. The van der Waals surface area contributed by atoms with Crippen LogP contribution in [0.1, 0.15) is 15.9 Å². The number of aromatic carboxylic acids is 1. The van der Waals surface area contributed by atoms with Gasteiger partial charge in [0.05, 0.1) is 11.3 Å². The minimum atomic E-state index is -3.47. The number of carboxylic acids is 1. The van der Waals surface area contributed by atoms with Gasteiger partial charge in [0, 0.05) is 17.1 Å². The van der Waals surface area contributed by atoms with Crippen LogP contribution in [0.5, 0.6) is 5.75 Å². The third kappa shape index (κ3) is 8.47. The van der Waals surface area contributed by atoms with E-state index >= 15 is 0 Å². The average molecular weight is 564 g/mol. The van der Waals surface area contributed by atoms with Crippen LogP contribution in [0.3, 0.4) is 0 Å². The lowest BCUT2D eigenvalue weighted by Crippen LogP contribution is -2.48. The van der Waals surface area contributed by atoms with Crippen LogP contribution in [0.25, 0.3) is 0 Å². The second-order valence-electron chi connectivity index (χ2n) is 7.99. The first-order valence-corrected chi connectivity index (χ1v) is 11.6. The molecule has 2 atom stereocenters. The smallest absolute Gasteiger partial charge is 0.335 e. The molecule has 0 fully saturated rings. The Bertz CT molecular complexity index is 1340. The van der Waals surface area contributed by atoms with Crippen molar-refractivity contribution in [2.75, 3.05) is 10.6 Å². The van der Waals surface area contributed by atoms with E-state index in [0.29, 0.717) is 5.56 Å². The van der Waals surface area contributed by atoms with E-state index in [1.807, 2.05) is 0 Å². The molecule has 0 heterocycles. The number of ether oxygens (including phenoxy) is 1. The van der Waals surface area contributed by atoms with Gasteiger partial charge in [0.25, 0.3) is 6.36 Å². The first-order valence-electron chi connectivity index (χ1n) is 11.2. The summed E-state index contributed by atoms with van der Waals surface area (Å²) in [6.45, 7) is 0. The van der Waals surface area contributed by atoms with Gasteiger partial charge in [-0.15, -0.1) is 0 Å². The Labute approximate surface area is 224 Å². The van der Waals surface area contributed by atoms with Gasteiger partial charge in [0.15, 0.2) is 0 Å². The largest absolute Gasteiger partial charge is 0.478 e. The van der Waals surface area contributed by atoms with E-state index in [0.717, 1.165) is 12.1 Å². The first-order chi connectivity index (χ1) is 18.5. The van der Waals surface area contributed by atoms with E-state index in [1.54, 1.807) is 30.3 Å². The highest BCUT2D eigenvalue weighted by Crippen LogP contribution is 2.30. The molecule has 3 aromatic rings. The fourth-order valence-corrected chi connectivity index (χ4v) is 3.43. The number of hydrogen-bond acceptors (Lipinski definition) is 5. The van der Waals surface area contributed by atoms with Gasteiger partial charge in [0.1, 0.15) is 11.8 Å². The van der Waals surface area contributed by atoms with E-state index in [9.17, 15) is 32.3 Å². The zero-order valence-electron chi connectivity index (χ0n) is 19.9. The van der Waals surface area contributed by atoms with Crippen molar-refractivity contribution in [2.24, 2.45) is 0 Å². The van der Waals surface area contributed by atoms with Crippen molar-refractivity contribution < 1.29 is 42.2 Å². The van der Waals surface area contributed by atoms with Gasteiger partial charge in [-0.05, 0) is 48.0 Å². The summed E-state index contributed by atoms with van der Waals surface area (Å²) in [5.41, 5.74) is 0.526. The second kappa shape index (κ2) is 13.3. The van der Waals surface area contributed by atoms with Crippen molar-refractivity contribution >= 4 is 46.7 Å². The van der Waals surface area contributed by atoms with Gasteiger partial charge in [-0.3, -0.25) is 14.4 Å². The van der Waals surface area contributed by atoms with Crippen molar-refractivity contribution in [1.82, 2.24) is 5.32 Å². The Morgan fingerprint density at radius 3 is 2.15 bits per heavy atom. The minimum absolute atomic E-state index is 0.00389. The number of nitrogens with one attached hydrogen (secondary N) is 3. The predicted molar refractivity (Wildman–Crippen MR) is 136 cm³/mol. The topological polar surface area (TPSA) is 134 Å². The van der Waals surface area contributed by atoms with Crippen molar-refractivity contribution in [1.29, 1.82) is 0 Å². The summed E-state index contributed by atoms with van der Waals surface area (Å²) >= 11 is 5.86. The molecule has 0 bridgehead atoms. The highest BCUT2D eigenvalue weighted by atomic mass is 35.5. The third-order valence-electron chi connectivity index (χ3n) is 5.14. The third-order valence-corrected chi connectivity index (χ3v) is 5.37. The van der Waals surface area contributed by atoms with E-state index in [1.165, 1.54) is 30.3 Å². The Morgan fingerprint density at radius 2 is 1.54 bits per heavy atom. The molecule has 39 heavy (non-hydrogen) atoms. The maximum absolute atomic E-state index is 13.4. The minimum Gasteiger partial charge on any atom is -0.478 e. The molecule has 0 saturated heterocycles. The van der Waals surface area contributed by atoms with Gasteiger partial charge in [-0.1, -0.05) is 41.9 Å². The summed E-state index contributed by atoms with van der Waals surface area (Å²) in [5.74, 6) is -4.96. The Morgan fingerprint density at radius 1 is 0.872 bits per heavy atom. The maximum atomic E-state index is 13.4. The number of benzene rings is 3. The fourth-order valence-electron chi connectivity index (χ4n) is 3.26. The summed E-state index contributed by atoms with van der Waals surface area (Å²) in [7, 11) is 0. The van der Waals surface area contributed by atoms with Crippen LogP contribution < -0.4 is 20.7 Å². The molecule has 0 aliphatic heterocycles. The molecule has 0 aliphatic carbocycles. The monoisotopic (exact) mass is 563 g/mol. The van der Waals surface area contributed by atoms with Gasteiger partial charge < -0.3 is 25.8 Å². The van der Waals surface area contributed by atoms with Crippen LogP contribution in [0.15, 0.2) is 72.8 Å². The Balaban J connectivity index is 1.76. The standard InChI is InChI=1S/C26H21ClF3N3O6/c27-16-8-11-20(39-22(30)21(28)29)18(13-16)32-24(35)25(36)33-19(12-14-4-2-1-3-5-14)23(34)31-17-9-6-15(7-10-17)26(37)38/h1-11,13,19,21-22H,12H2,(H,31,34)(H,32,35)(H,33,36)(H,37,38). The zero-order valence-corrected chi connectivity index (χ0v) is 20.6. The molecule has 3 amide bonds. The predicted octanol–water partition coefficient (Wildman–Crippen LogP) is 4.28. The maximum Gasteiger partial charge on any atom is 0.335 e. The summed E-state index contributed by atoms with van der Waals surface area (Å²) in [4.78, 5) is 49.4. The van der Waals surface area contributed by atoms with Crippen LogP contribution in [-0.4, -0.2) is 47.6 Å². The number of carbonyl (C=O) groups excluding carboxylic acids is 3. The molecule has 3 rings (SSSR count). The van der Waals surface area contributed by atoms with Crippen LogP contribution >= 0.6 is 11.6 Å². The molecule has 0 radical (unpaired) electrons. The Hall–Kier alpha value is -4.58. The molecular weight excluding hydrogens is 543 g/mol. The normalized spacial score (nSPS) is 12.2. The van der Waals surface area contributed by atoms with Crippen LogP contribution in [0.4, 0.5) is 24.5 Å². The molecular formula is C26H21ClF3N3O6. The average Bonchev–Trinajstić information content (AvgIpc) is 2.90. The van der Waals surface area contributed by atoms with Gasteiger partial charge >= 0.3 is 24.2 Å². The van der Waals surface area contributed by atoms with E-state index in [4.69, 9.17) is 16.7 Å². The fraction of sp³-hybridized carbons (Fsp3) is 0.154. The SMILES string of the molecule is O=C(Nc1cc(Cl)ccc1OC(F)C(F)F)C(=O)NC(Cc1ccccc1)C(=O)Nc1ccc(C(=O)O)cc1. The number of anilines is 2. The summed E-state index contributed by atoms with van der Waals surface area (Å²) in [6.07, 6.45) is -6.49. The van der Waals surface area contributed by atoms with Crippen LogP contribution in [0, 0.1) is 0 Å². The van der Waals surface area contributed by atoms with Crippen LogP contribution in [0.2, 0.25) is 5.02 Å². The molecule has 13 heteroatoms. The highest BCUT2D eigenvalue weighted by Gasteiger charge is 2.27. The number of amides is 3. The lowest BCUT2D eigenvalue weighted by molar-refractivity contribution is -0.137. The van der Waals surface area contributed by atoms with Crippen molar-refractivity contribution in [3.05, 3.63) is 88.9 Å². The number of halogens is 4. The number of carbonyl (C=O) groups is 4. The molecule has 4 N–H and O–H groups in total. The molecule has 0 saturated carbocycles. The zero-order chi connectivity index (χ0) is 28.5. The van der Waals surface area contributed by atoms with E-state index in [2.05, 4.69) is 20.7 Å². The lowest BCUT2D eigenvalue weighted by atomic mass is 10.0. The van der Waals surface area contributed by atoms with E-state index in [-0.39, 0.29) is 28.4 Å².